The average Bonchev–Trinajstić information content (AvgIpc) is 3.08. The second kappa shape index (κ2) is 9.78. The molecule has 28 heavy (non-hydrogen) atoms. The highest BCUT2D eigenvalue weighted by Gasteiger charge is 2.14. The summed E-state index contributed by atoms with van der Waals surface area (Å²) in [7, 11) is 0. The van der Waals surface area contributed by atoms with Gasteiger partial charge in [-0.25, -0.2) is 4.98 Å². The second-order valence-electron chi connectivity index (χ2n) is 6.39. The monoisotopic (exact) mass is 415 g/mol. The van der Waals surface area contributed by atoms with Crippen LogP contribution in [0.4, 0.5) is 0 Å². The summed E-state index contributed by atoms with van der Waals surface area (Å²) >= 11 is 7.43. The number of aryl methyl sites for hydroxylation is 1. The summed E-state index contributed by atoms with van der Waals surface area (Å²) in [6.45, 7) is 2.44. The van der Waals surface area contributed by atoms with E-state index in [0.29, 0.717) is 22.4 Å². The number of carbonyl (C=O) groups is 1. The number of benzene rings is 2. The Labute approximate surface area is 173 Å². The van der Waals surface area contributed by atoms with E-state index in [0.717, 1.165) is 11.3 Å². The zero-order valence-corrected chi connectivity index (χ0v) is 17.1. The quantitative estimate of drug-likeness (QED) is 0.547. The Balaban J connectivity index is 1.63. The molecule has 0 fully saturated rings. The predicted octanol–water partition coefficient (Wildman–Crippen LogP) is 3.95. The van der Waals surface area contributed by atoms with Gasteiger partial charge in [0.25, 0.3) is 0 Å². The Morgan fingerprint density at radius 2 is 1.96 bits per heavy atom. The number of imidazole rings is 1. The van der Waals surface area contributed by atoms with Crippen molar-refractivity contribution in [3.63, 3.8) is 0 Å². The zero-order valence-electron chi connectivity index (χ0n) is 15.6. The Morgan fingerprint density at radius 1 is 1.21 bits per heavy atom. The lowest BCUT2D eigenvalue weighted by molar-refractivity contribution is -0.122. The molecule has 1 aromatic heterocycles. The summed E-state index contributed by atoms with van der Waals surface area (Å²) in [6, 6.07) is 15.5. The van der Waals surface area contributed by atoms with Crippen LogP contribution in [0.5, 0.6) is 0 Å². The number of amides is 1. The lowest BCUT2D eigenvalue weighted by atomic mass is 10.1. The molecule has 0 aliphatic heterocycles. The number of nitrogens with zero attached hydrogens (tertiary/aromatic N) is 2. The molecule has 0 unspecified atom stereocenters. The van der Waals surface area contributed by atoms with Gasteiger partial charge in [0.1, 0.15) is 6.54 Å². The fourth-order valence-corrected chi connectivity index (χ4v) is 3.92. The molecule has 3 rings (SSSR count). The standard InChI is InChI=1S/C21H22ClN3O2S/c1-15-4-2-3-5-17(15)14-28-21-24-11-19(13-26)25(21)12-20(27)23-10-16-6-8-18(22)9-7-16/h2-9,11,26H,10,12-14H2,1H3,(H,23,27). The maximum Gasteiger partial charge on any atom is 0.240 e. The lowest BCUT2D eigenvalue weighted by Gasteiger charge is -2.12. The molecular weight excluding hydrogens is 394 g/mol. The minimum atomic E-state index is -0.164. The molecule has 0 spiro atoms. The van der Waals surface area contributed by atoms with E-state index in [-0.39, 0.29) is 19.1 Å². The smallest absolute Gasteiger partial charge is 0.240 e. The van der Waals surface area contributed by atoms with Crippen molar-refractivity contribution in [1.82, 2.24) is 14.9 Å². The maximum absolute atomic E-state index is 12.4. The number of carbonyl (C=O) groups excluding carboxylic acids is 1. The van der Waals surface area contributed by atoms with E-state index >= 15 is 0 Å². The van der Waals surface area contributed by atoms with Gasteiger partial charge in [0.05, 0.1) is 18.5 Å². The van der Waals surface area contributed by atoms with Crippen molar-refractivity contribution in [2.24, 2.45) is 0 Å². The van der Waals surface area contributed by atoms with E-state index in [1.54, 1.807) is 34.7 Å². The van der Waals surface area contributed by atoms with Crippen LogP contribution in [-0.4, -0.2) is 20.6 Å². The molecule has 0 saturated heterocycles. The molecule has 0 aliphatic carbocycles. The lowest BCUT2D eigenvalue weighted by Crippen LogP contribution is -2.28. The van der Waals surface area contributed by atoms with Crippen LogP contribution in [0.15, 0.2) is 59.9 Å². The third-order valence-electron chi connectivity index (χ3n) is 4.39. The molecular formula is C21H22ClN3O2S. The Hall–Kier alpha value is -2.28. The van der Waals surface area contributed by atoms with Crippen LogP contribution in [-0.2, 0) is 30.2 Å². The fraction of sp³-hybridized carbons (Fsp3) is 0.238. The van der Waals surface area contributed by atoms with Gasteiger partial charge in [-0.2, -0.15) is 0 Å². The number of halogens is 1. The maximum atomic E-state index is 12.4. The average molecular weight is 416 g/mol. The molecule has 1 amide bonds. The Kier molecular flexibility index (Phi) is 7.14. The molecule has 1 heterocycles. The van der Waals surface area contributed by atoms with Crippen LogP contribution in [0.1, 0.15) is 22.4 Å². The van der Waals surface area contributed by atoms with Gasteiger partial charge in [0.2, 0.25) is 5.91 Å². The number of aliphatic hydroxyl groups is 1. The SMILES string of the molecule is Cc1ccccc1CSc1ncc(CO)n1CC(=O)NCc1ccc(Cl)cc1. The summed E-state index contributed by atoms with van der Waals surface area (Å²) < 4.78 is 1.76. The topological polar surface area (TPSA) is 67.2 Å². The van der Waals surface area contributed by atoms with Gasteiger partial charge in [-0.05, 0) is 35.7 Å². The van der Waals surface area contributed by atoms with Gasteiger partial charge in [-0.15, -0.1) is 0 Å². The first-order chi connectivity index (χ1) is 13.6. The molecule has 0 aliphatic rings. The van der Waals surface area contributed by atoms with E-state index in [9.17, 15) is 9.90 Å². The highest BCUT2D eigenvalue weighted by atomic mass is 35.5. The summed E-state index contributed by atoms with van der Waals surface area (Å²) in [5, 5.41) is 13.9. The number of thioether (sulfide) groups is 1. The van der Waals surface area contributed by atoms with Crippen molar-refractivity contribution in [3.05, 3.63) is 82.1 Å². The van der Waals surface area contributed by atoms with Crippen molar-refractivity contribution in [2.75, 3.05) is 0 Å². The van der Waals surface area contributed by atoms with Gasteiger partial charge < -0.3 is 15.0 Å². The number of rotatable bonds is 8. The first-order valence-corrected chi connectivity index (χ1v) is 10.3. The van der Waals surface area contributed by atoms with E-state index < -0.39 is 0 Å². The normalized spacial score (nSPS) is 10.8. The van der Waals surface area contributed by atoms with E-state index in [4.69, 9.17) is 11.6 Å². The van der Waals surface area contributed by atoms with Crippen LogP contribution in [0.25, 0.3) is 0 Å². The van der Waals surface area contributed by atoms with Crippen molar-refractivity contribution in [3.8, 4) is 0 Å². The molecule has 146 valence electrons. The van der Waals surface area contributed by atoms with Crippen molar-refractivity contribution < 1.29 is 9.90 Å². The molecule has 2 aromatic carbocycles. The van der Waals surface area contributed by atoms with Crippen molar-refractivity contribution in [2.45, 2.75) is 37.5 Å². The third kappa shape index (κ3) is 5.38. The van der Waals surface area contributed by atoms with E-state index in [1.165, 1.54) is 11.1 Å². The Morgan fingerprint density at radius 3 is 2.68 bits per heavy atom. The van der Waals surface area contributed by atoms with Gasteiger partial charge in [-0.3, -0.25) is 4.79 Å². The molecule has 2 N–H and O–H groups in total. The third-order valence-corrected chi connectivity index (χ3v) is 5.68. The molecule has 0 bridgehead atoms. The highest BCUT2D eigenvalue weighted by molar-refractivity contribution is 7.98. The zero-order chi connectivity index (χ0) is 19.9. The summed E-state index contributed by atoms with van der Waals surface area (Å²) in [5.74, 6) is 0.612. The number of aromatic nitrogens is 2. The number of hydrogen-bond donors (Lipinski definition) is 2. The minimum absolute atomic E-state index is 0.111. The van der Waals surface area contributed by atoms with E-state index in [1.807, 2.05) is 24.3 Å². The minimum Gasteiger partial charge on any atom is -0.390 e. The first-order valence-electron chi connectivity index (χ1n) is 8.90. The van der Waals surface area contributed by atoms with Crippen LogP contribution < -0.4 is 5.32 Å². The first kappa shape index (κ1) is 20.5. The molecule has 3 aromatic rings. The van der Waals surface area contributed by atoms with Crippen molar-refractivity contribution >= 4 is 29.3 Å². The largest absolute Gasteiger partial charge is 0.390 e. The van der Waals surface area contributed by atoms with Crippen LogP contribution in [0.3, 0.4) is 0 Å². The van der Waals surface area contributed by atoms with Gasteiger partial charge >= 0.3 is 0 Å². The fourth-order valence-electron chi connectivity index (χ4n) is 2.72. The summed E-state index contributed by atoms with van der Waals surface area (Å²) in [5.41, 5.74) is 4.03. The predicted molar refractivity (Wildman–Crippen MR) is 112 cm³/mol. The number of hydrogen-bond acceptors (Lipinski definition) is 4. The number of aliphatic hydroxyl groups excluding tert-OH is 1. The molecule has 0 radical (unpaired) electrons. The molecule has 7 heteroatoms. The Bertz CT molecular complexity index is 941. The highest BCUT2D eigenvalue weighted by Crippen LogP contribution is 2.24. The molecule has 0 saturated carbocycles. The molecule has 0 atom stereocenters. The van der Waals surface area contributed by atoms with Gasteiger partial charge in [0, 0.05) is 17.3 Å². The molecule has 5 nitrogen and oxygen atoms in total. The number of nitrogens with one attached hydrogen (secondary N) is 1. The summed E-state index contributed by atoms with van der Waals surface area (Å²) in [6.07, 6.45) is 1.62. The van der Waals surface area contributed by atoms with Crippen LogP contribution in [0, 0.1) is 6.92 Å². The van der Waals surface area contributed by atoms with Crippen LogP contribution >= 0.6 is 23.4 Å². The second-order valence-corrected chi connectivity index (χ2v) is 7.77. The van der Waals surface area contributed by atoms with Gasteiger partial charge in [-0.1, -0.05) is 59.8 Å². The summed E-state index contributed by atoms with van der Waals surface area (Å²) in [4.78, 5) is 16.8. The van der Waals surface area contributed by atoms with Gasteiger partial charge in [0.15, 0.2) is 5.16 Å². The van der Waals surface area contributed by atoms with Crippen LogP contribution in [0.2, 0.25) is 5.02 Å². The van der Waals surface area contributed by atoms with E-state index in [2.05, 4.69) is 29.4 Å². The van der Waals surface area contributed by atoms with Crippen molar-refractivity contribution in [1.29, 1.82) is 0 Å².